The van der Waals surface area contributed by atoms with E-state index in [4.69, 9.17) is 4.42 Å². The molecule has 0 unspecified atom stereocenters. The van der Waals surface area contributed by atoms with Crippen LogP contribution in [0.5, 0.6) is 0 Å². The molecule has 1 aliphatic heterocycles. The van der Waals surface area contributed by atoms with E-state index in [0.29, 0.717) is 30.6 Å². The number of piperazine rings is 1. The first-order chi connectivity index (χ1) is 15.3. The van der Waals surface area contributed by atoms with Crippen LogP contribution in [0, 0.1) is 6.92 Å². The lowest BCUT2D eigenvalue weighted by Crippen LogP contribution is -2.52. The molecule has 32 heavy (non-hydrogen) atoms. The zero-order chi connectivity index (χ0) is 22.7. The molecule has 9 nitrogen and oxygen atoms in total. The van der Waals surface area contributed by atoms with Crippen LogP contribution in [-0.4, -0.2) is 70.1 Å². The number of rotatable bonds is 7. The van der Waals surface area contributed by atoms with Crippen LogP contribution >= 0.6 is 23.1 Å². The van der Waals surface area contributed by atoms with Gasteiger partial charge in [0.15, 0.2) is 0 Å². The number of sulfonamides is 1. The topological polar surface area (TPSA) is 110 Å². The third kappa shape index (κ3) is 5.20. The van der Waals surface area contributed by atoms with Gasteiger partial charge in [0.25, 0.3) is 5.22 Å². The number of hydrogen-bond acceptors (Lipinski definition) is 9. The fourth-order valence-corrected chi connectivity index (χ4v) is 6.19. The van der Waals surface area contributed by atoms with E-state index in [-0.39, 0.29) is 23.9 Å². The van der Waals surface area contributed by atoms with E-state index in [9.17, 15) is 13.2 Å². The van der Waals surface area contributed by atoms with Crippen LogP contribution in [-0.2, 0) is 21.2 Å². The predicted octanol–water partition coefficient (Wildman–Crippen LogP) is 2.44. The SMILES string of the molecule is Cc1nc(Cc2nnc(S[C@@H](C)C(=O)N3CCN(S(=O)(=O)c4ccccc4)CC3)o2)cs1. The lowest BCUT2D eigenvalue weighted by molar-refractivity contribution is -0.131. The summed E-state index contributed by atoms with van der Waals surface area (Å²) in [5.74, 6) is 0.374. The number of aromatic nitrogens is 3. The molecule has 1 aliphatic rings. The molecule has 1 fully saturated rings. The van der Waals surface area contributed by atoms with Crippen LogP contribution in [0.1, 0.15) is 23.5 Å². The minimum atomic E-state index is -3.55. The largest absolute Gasteiger partial charge is 0.416 e. The Labute approximate surface area is 194 Å². The second-order valence-electron chi connectivity index (χ2n) is 7.30. The van der Waals surface area contributed by atoms with Crippen LogP contribution in [0.4, 0.5) is 0 Å². The first-order valence-electron chi connectivity index (χ1n) is 10.1. The molecule has 2 aromatic heterocycles. The Bertz CT molecular complexity index is 1170. The number of amides is 1. The molecule has 0 bridgehead atoms. The van der Waals surface area contributed by atoms with Gasteiger partial charge in [-0.2, -0.15) is 4.31 Å². The molecule has 1 amide bonds. The molecule has 0 N–H and O–H groups in total. The van der Waals surface area contributed by atoms with E-state index in [1.807, 2.05) is 12.3 Å². The van der Waals surface area contributed by atoms with Gasteiger partial charge in [-0.1, -0.05) is 30.0 Å². The molecule has 0 spiro atoms. The van der Waals surface area contributed by atoms with E-state index in [1.54, 1.807) is 53.5 Å². The Balaban J connectivity index is 1.30. The van der Waals surface area contributed by atoms with Crippen molar-refractivity contribution in [2.75, 3.05) is 26.2 Å². The van der Waals surface area contributed by atoms with Crippen LogP contribution in [0.2, 0.25) is 0 Å². The van der Waals surface area contributed by atoms with Gasteiger partial charge in [-0.3, -0.25) is 4.79 Å². The van der Waals surface area contributed by atoms with Gasteiger partial charge in [-0.25, -0.2) is 13.4 Å². The number of benzene rings is 1. The summed E-state index contributed by atoms with van der Waals surface area (Å²) < 4.78 is 32.6. The number of nitrogens with zero attached hydrogens (tertiary/aromatic N) is 5. The smallest absolute Gasteiger partial charge is 0.277 e. The molecular formula is C20H23N5O4S3. The van der Waals surface area contributed by atoms with E-state index in [1.165, 1.54) is 16.1 Å². The highest BCUT2D eigenvalue weighted by Crippen LogP contribution is 2.25. The quantitative estimate of drug-likeness (QED) is 0.462. The number of thioether (sulfide) groups is 1. The minimum Gasteiger partial charge on any atom is -0.416 e. The Kier molecular flexibility index (Phi) is 6.93. The van der Waals surface area contributed by atoms with Crippen molar-refractivity contribution in [1.29, 1.82) is 0 Å². The van der Waals surface area contributed by atoms with Gasteiger partial charge in [0, 0.05) is 31.6 Å². The second-order valence-corrected chi connectivity index (χ2v) is 11.6. The predicted molar refractivity (Wildman–Crippen MR) is 121 cm³/mol. The highest BCUT2D eigenvalue weighted by atomic mass is 32.2. The van der Waals surface area contributed by atoms with Crippen molar-refractivity contribution in [2.45, 2.75) is 35.6 Å². The van der Waals surface area contributed by atoms with E-state index in [0.717, 1.165) is 10.7 Å². The first kappa shape index (κ1) is 22.9. The Morgan fingerprint density at radius 2 is 1.91 bits per heavy atom. The highest BCUT2D eigenvalue weighted by molar-refractivity contribution is 8.00. The highest BCUT2D eigenvalue weighted by Gasteiger charge is 2.32. The summed E-state index contributed by atoms with van der Waals surface area (Å²) in [5, 5.41) is 10.9. The maximum atomic E-state index is 12.9. The van der Waals surface area contributed by atoms with Gasteiger partial charge in [-0.05, 0) is 26.0 Å². The van der Waals surface area contributed by atoms with Crippen molar-refractivity contribution in [1.82, 2.24) is 24.4 Å². The van der Waals surface area contributed by atoms with Crippen molar-refractivity contribution in [3.63, 3.8) is 0 Å². The molecule has 1 aromatic carbocycles. The Morgan fingerprint density at radius 1 is 1.19 bits per heavy atom. The van der Waals surface area contributed by atoms with Gasteiger partial charge in [0.05, 0.1) is 27.3 Å². The van der Waals surface area contributed by atoms with Gasteiger partial charge >= 0.3 is 0 Å². The normalized spacial score (nSPS) is 16.2. The zero-order valence-corrected chi connectivity index (χ0v) is 20.1. The zero-order valence-electron chi connectivity index (χ0n) is 17.7. The Hall–Kier alpha value is -2.28. The van der Waals surface area contributed by atoms with E-state index in [2.05, 4.69) is 15.2 Å². The molecule has 12 heteroatoms. The van der Waals surface area contributed by atoms with Crippen LogP contribution in [0.15, 0.2) is 50.2 Å². The first-order valence-corrected chi connectivity index (χ1v) is 13.3. The summed E-state index contributed by atoms with van der Waals surface area (Å²) >= 11 is 2.77. The summed E-state index contributed by atoms with van der Waals surface area (Å²) in [4.78, 5) is 19.2. The molecular weight excluding hydrogens is 470 g/mol. The summed E-state index contributed by atoms with van der Waals surface area (Å²) in [7, 11) is -3.55. The molecule has 0 saturated carbocycles. The average molecular weight is 494 g/mol. The van der Waals surface area contributed by atoms with Crippen molar-refractivity contribution < 1.29 is 17.6 Å². The van der Waals surface area contributed by atoms with E-state index >= 15 is 0 Å². The summed E-state index contributed by atoms with van der Waals surface area (Å²) in [6.07, 6.45) is 0.456. The van der Waals surface area contributed by atoms with Crippen LogP contribution < -0.4 is 0 Å². The summed E-state index contributed by atoms with van der Waals surface area (Å²) in [5.41, 5.74) is 0.875. The fourth-order valence-electron chi connectivity index (χ4n) is 3.35. The Morgan fingerprint density at radius 3 is 2.56 bits per heavy atom. The summed E-state index contributed by atoms with van der Waals surface area (Å²) in [6, 6.07) is 8.35. The third-order valence-corrected chi connectivity index (χ3v) is 8.66. The minimum absolute atomic E-state index is 0.0818. The molecule has 170 valence electrons. The third-order valence-electron chi connectivity index (χ3n) is 5.00. The lowest BCUT2D eigenvalue weighted by atomic mass is 10.3. The van der Waals surface area contributed by atoms with Crippen LogP contribution in [0.25, 0.3) is 0 Å². The number of aryl methyl sites for hydroxylation is 1. The number of thiazole rings is 1. The molecule has 0 aliphatic carbocycles. The standard InChI is InChI=1S/C20H23N5O4S3/c1-14(31-20-23-22-18(29-20)12-16-13-30-15(2)21-16)19(26)24-8-10-25(11-9-24)32(27,28)17-6-4-3-5-7-17/h3-7,13-14H,8-12H2,1-2H3/t14-/m0/s1. The number of hydrogen-bond donors (Lipinski definition) is 0. The van der Waals surface area contributed by atoms with Gasteiger partial charge in [-0.15, -0.1) is 21.5 Å². The molecule has 0 radical (unpaired) electrons. The fraction of sp³-hybridized carbons (Fsp3) is 0.400. The molecule has 1 atom stereocenters. The molecule has 3 heterocycles. The number of carbonyl (C=O) groups is 1. The molecule has 4 rings (SSSR count). The second kappa shape index (κ2) is 9.69. The van der Waals surface area contributed by atoms with Crippen molar-refractivity contribution in [2.24, 2.45) is 0 Å². The van der Waals surface area contributed by atoms with Gasteiger partial charge < -0.3 is 9.32 Å². The van der Waals surface area contributed by atoms with Gasteiger partial charge in [0.1, 0.15) is 0 Å². The van der Waals surface area contributed by atoms with Crippen LogP contribution in [0.3, 0.4) is 0 Å². The van der Waals surface area contributed by atoms with Crippen molar-refractivity contribution in [3.05, 3.63) is 52.3 Å². The maximum Gasteiger partial charge on any atom is 0.277 e. The lowest BCUT2D eigenvalue weighted by Gasteiger charge is -2.35. The van der Waals surface area contributed by atoms with Gasteiger partial charge in [0.2, 0.25) is 21.8 Å². The molecule has 3 aromatic rings. The number of carbonyl (C=O) groups excluding carboxylic acids is 1. The monoisotopic (exact) mass is 493 g/mol. The average Bonchev–Trinajstić information content (AvgIpc) is 3.42. The summed E-state index contributed by atoms with van der Waals surface area (Å²) in [6.45, 7) is 4.93. The van der Waals surface area contributed by atoms with Crippen molar-refractivity contribution in [3.8, 4) is 0 Å². The van der Waals surface area contributed by atoms with E-state index < -0.39 is 15.3 Å². The van der Waals surface area contributed by atoms with Crippen molar-refractivity contribution >= 4 is 39.0 Å². The molecule has 1 saturated heterocycles. The maximum absolute atomic E-state index is 12.9.